The molecule has 0 spiro atoms. The molecule has 0 amide bonds. The van der Waals surface area contributed by atoms with Gasteiger partial charge >= 0.3 is 11.9 Å². The summed E-state index contributed by atoms with van der Waals surface area (Å²) < 4.78 is 22.9. The summed E-state index contributed by atoms with van der Waals surface area (Å²) >= 11 is 0. The van der Waals surface area contributed by atoms with Crippen molar-refractivity contribution in [3.05, 3.63) is 47.6 Å². The number of allylic oxidation sites excluding steroid dienone is 4. The molecule has 0 radical (unpaired) electrons. The van der Waals surface area contributed by atoms with Gasteiger partial charge in [0.2, 0.25) is 0 Å². The van der Waals surface area contributed by atoms with Crippen LogP contribution in [0.2, 0.25) is 0 Å². The predicted molar refractivity (Wildman–Crippen MR) is 132 cm³/mol. The highest BCUT2D eigenvalue weighted by atomic mass is 19.1. The third-order valence-electron chi connectivity index (χ3n) is 6.91. The molecule has 0 aromatic carbocycles. The van der Waals surface area contributed by atoms with Crippen LogP contribution in [0.4, 0.5) is 4.39 Å². The molecule has 0 bridgehead atoms. The molecule has 1 unspecified atom stereocenters. The number of ether oxygens (including phenoxy) is 2. The van der Waals surface area contributed by atoms with Gasteiger partial charge in [-0.25, -0.2) is 9.59 Å². The van der Waals surface area contributed by atoms with Crippen molar-refractivity contribution in [3.8, 4) is 0 Å². The summed E-state index contributed by atoms with van der Waals surface area (Å²) in [5.74, 6) is 0.119. The van der Waals surface area contributed by atoms with E-state index in [0.717, 1.165) is 31.6 Å². The van der Waals surface area contributed by atoms with Crippen LogP contribution in [0.3, 0.4) is 0 Å². The number of halogens is 1. The lowest BCUT2D eigenvalue weighted by Crippen LogP contribution is -2.23. The molecule has 0 aliphatic heterocycles. The van der Waals surface area contributed by atoms with E-state index < -0.39 is 18.5 Å². The fraction of sp³-hybridized carbons (Fsp3) is 0.643. The lowest BCUT2D eigenvalue weighted by molar-refractivity contribution is -0.144. The van der Waals surface area contributed by atoms with Gasteiger partial charge in [0.1, 0.15) is 0 Å². The van der Waals surface area contributed by atoms with E-state index in [1.807, 2.05) is 0 Å². The van der Waals surface area contributed by atoms with E-state index in [1.165, 1.54) is 36.8 Å². The van der Waals surface area contributed by atoms with Crippen molar-refractivity contribution in [2.75, 3.05) is 26.5 Å². The van der Waals surface area contributed by atoms with Crippen LogP contribution in [0.1, 0.15) is 71.1 Å². The molecule has 0 saturated heterocycles. The van der Waals surface area contributed by atoms with Gasteiger partial charge in [0, 0.05) is 11.5 Å². The fourth-order valence-electron chi connectivity index (χ4n) is 4.77. The largest absolute Gasteiger partial charge is 0.462 e. The van der Waals surface area contributed by atoms with Crippen molar-refractivity contribution in [2.45, 2.75) is 71.1 Å². The number of carbonyl (C=O) groups is 2. The van der Waals surface area contributed by atoms with E-state index in [2.05, 4.69) is 25.3 Å². The van der Waals surface area contributed by atoms with Crippen molar-refractivity contribution < 1.29 is 28.6 Å². The highest BCUT2D eigenvalue weighted by Gasteiger charge is 2.25. The van der Waals surface area contributed by atoms with E-state index in [1.54, 1.807) is 6.92 Å². The van der Waals surface area contributed by atoms with Gasteiger partial charge in [0.25, 0.3) is 0 Å². The Morgan fingerprint density at radius 2 is 1.74 bits per heavy atom. The molecule has 2 aliphatic carbocycles. The topological polar surface area (TPSA) is 72.8 Å². The van der Waals surface area contributed by atoms with Crippen LogP contribution in [-0.2, 0) is 19.1 Å². The normalized spacial score (nSPS) is 21.1. The molecule has 2 rings (SSSR count). The van der Waals surface area contributed by atoms with E-state index in [4.69, 9.17) is 14.6 Å². The Labute approximate surface area is 203 Å². The smallest absolute Gasteiger partial charge is 0.335 e. The summed E-state index contributed by atoms with van der Waals surface area (Å²) in [5.41, 5.74) is 3.09. The standard InChI is InChI=1S/C28H41FO5/c1-20(2)27(31)33-18-24(19-34-28(32)21(3)17-30)16-23-9-13-26(14-10-23)25-11-7-22(8-12-25)6-4-5-15-29/h9,13,22,24-25,30H,1,3-8,10-12,14-19H2,2H3. The summed E-state index contributed by atoms with van der Waals surface area (Å²) in [6, 6.07) is 0. The number of carbonyl (C=O) groups excluding carboxylic acids is 2. The summed E-state index contributed by atoms with van der Waals surface area (Å²) in [6.45, 7) is 8.24. The second-order valence-electron chi connectivity index (χ2n) is 9.78. The van der Waals surface area contributed by atoms with E-state index in [9.17, 15) is 14.0 Å². The van der Waals surface area contributed by atoms with Gasteiger partial charge in [-0.3, -0.25) is 4.39 Å². The minimum absolute atomic E-state index is 0.000674. The number of rotatable bonds is 14. The zero-order valence-electron chi connectivity index (χ0n) is 20.7. The molecular weight excluding hydrogens is 435 g/mol. The van der Waals surface area contributed by atoms with Gasteiger partial charge in [0.15, 0.2) is 0 Å². The number of esters is 2. The number of unbranched alkanes of at least 4 members (excludes halogenated alkanes) is 1. The maximum Gasteiger partial charge on any atom is 0.335 e. The van der Waals surface area contributed by atoms with Crippen molar-refractivity contribution in [1.29, 1.82) is 0 Å². The lowest BCUT2D eigenvalue weighted by atomic mass is 9.74. The first-order chi connectivity index (χ1) is 16.3. The average molecular weight is 477 g/mol. The Balaban J connectivity index is 1.90. The second-order valence-corrected chi connectivity index (χ2v) is 9.78. The van der Waals surface area contributed by atoms with Crippen LogP contribution in [0, 0.1) is 17.8 Å². The fourth-order valence-corrected chi connectivity index (χ4v) is 4.77. The van der Waals surface area contributed by atoms with Gasteiger partial charge in [-0.15, -0.1) is 0 Å². The summed E-state index contributed by atoms with van der Waals surface area (Å²) in [5, 5.41) is 9.06. The van der Waals surface area contributed by atoms with Crippen molar-refractivity contribution in [2.24, 2.45) is 17.8 Å². The Bertz CT molecular complexity index is 774. The second kappa shape index (κ2) is 14.9. The minimum atomic E-state index is -0.640. The molecule has 0 heterocycles. The van der Waals surface area contributed by atoms with Crippen LogP contribution in [0.25, 0.3) is 0 Å². The molecule has 34 heavy (non-hydrogen) atoms. The molecule has 1 N–H and O–H groups in total. The molecule has 190 valence electrons. The molecule has 1 atom stereocenters. The van der Waals surface area contributed by atoms with Crippen LogP contribution in [0.15, 0.2) is 47.6 Å². The zero-order chi connectivity index (χ0) is 24.9. The first-order valence-electron chi connectivity index (χ1n) is 12.6. The van der Waals surface area contributed by atoms with Gasteiger partial charge in [-0.1, -0.05) is 49.3 Å². The van der Waals surface area contributed by atoms with Crippen molar-refractivity contribution in [3.63, 3.8) is 0 Å². The van der Waals surface area contributed by atoms with Gasteiger partial charge in [-0.2, -0.15) is 0 Å². The van der Waals surface area contributed by atoms with Crippen LogP contribution in [0.5, 0.6) is 0 Å². The van der Waals surface area contributed by atoms with Gasteiger partial charge in [-0.05, 0) is 70.1 Å². The third kappa shape index (κ3) is 9.57. The number of aliphatic hydroxyl groups is 1. The molecule has 0 aromatic heterocycles. The number of aliphatic hydroxyl groups excluding tert-OH is 1. The summed E-state index contributed by atoms with van der Waals surface area (Å²) in [7, 11) is 0. The van der Waals surface area contributed by atoms with Crippen molar-refractivity contribution >= 4 is 11.9 Å². The van der Waals surface area contributed by atoms with Crippen LogP contribution < -0.4 is 0 Å². The lowest BCUT2D eigenvalue weighted by Gasteiger charge is -2.31. The van der Waals surface area contributed by atoms with Crippen LogP contribution >= 0.6 is 0 Å². The number of hydrogen-bond donors (Lipinski definition) is 1. The average Bonchev–Trinajstić information content (AvgIpc) is 2.85. The molecule has 5 nitrogen and oxygen atoms in total. The third-order valence-corrected chi connectivity index (χ3v) is 6.91. The Morgan fingerprint density at radius 3 is 2.29 bits per heavy atom. The molecular formula is C28H41FO5. The number of alkyl halides is 1. The molecule has 0 aromatic rings. The highest BCUT2D eigenvalue weighted by molar-refractivity contribution is 5.88. The summed E-state index contributed by atoms with van der Waals surface area (Å²) in [6.07, 6.45) is 14.9. The number of hydrogen-bond acceptors (Lipinski definition) is 5. The Kier molecular flexibility index (Phi) is 12.3. The van der Waals surface area contributed by atoms with Gasteiger partial charge < -0.3 is 14.6 Å². The highest BCUT2D eigenvalue weighted by Crippen LogP contribution is 2.39. The van der Waals surface area contributed by atoms with E-state index in [-0.39, 0.29) is 31.4 Å². The quantitative estimate of drug-likeness (QED) is 0.195. The van der Waals surface area contributed by atoms with E-state index >= 15 is 0 Å². The minimum Gasteiger partial charge on any atom is -0.462 e. The molecule has 1 fully saturated rings. The first kappa shape index (κ1) is 28.0. The first-order valence-corrected chi connectivity index (χ1v) is 12.6. The maximum atomic E-state index is 12.3. The Morgan fingerprint density at radius 1 is 1.06 bits per heavy atom. The van der Waals surface area contributed by atoms with E-state index in [0.29, 0.717) is 24.3 Å². The predicted octanol–water partition coefficient (Wildman–Crippen LogP) is 5.80. The van der Waals surface area contributed by atoms with Crippen LogP contribution in [-0.4, -0.2) is 43.5 Å². The Hall–Kier alpha value is -2.21. The summed E-state index contributed by atoms with van der Waals surface area (Å²) in [4.78, 5) is 23.7. The monoisotopic (exact) mass is 476 g/mol. The molecule has 1 saturated carbocycles. The SMILES string of the molecule is C=C(C)C(=O)OCC(COC(=O)C(=C)CO)CC1=CC=C(C2CCC(CCCCF)CC2)CC1. The van der Waals surface area contributed by atoms with Crippen molar-refractivity contribution in [1.82, 2.24) is 0 Å². The zero-order valence-corrected chi connectivity index (χ0v) is 20.7. The molecule has 2 aliphatic rings. The van der Waals surface area contributed by atoms with Gasteiger partial charge in [0.05, 0.1) is 32.1 Å². The maximum absolute atomic E-state index is 12.3. The molecule has 6 heteroatoms.